The molecule has 0 fully saturated rings. The molecule has 0 saturated heterocycles. The molecule has 4 N–H and O–H groups in total. The highest BCUT2D eigenvalue weighted by Crippen LogP contribution is 2.26. The highest BCUT2D eigenvalue weighted by Gasteiger charge is 2.22. The number of ether oxygens (including phenoxy) is 2. The van der Waals surface area contributed by atoms with Crippen molar-refractivity contribution in [1.29, 1.82) is 0 Å². The van der Waals surface area contributed by atoms with Gasteiger partial charge in [0.25, 0.3) is 0 Å². The van der Waals surface area contributed by atoms with Crippen molar-refractivity contribution in [2.24, 2.45) is 0 Å². The summed E-state index contributed by atoms with van der Waals surface area (Å²) in [5.74, 6) is 0.377. The lowest BCUT2D eigenvalue weighted by Crippen LogP contribution is -2.41. The Labute approximate surface area is 199 Å². The summed E-state index contributed by atoms with van der Waals surface area (Å²) >= 11 is 0. The number of aliphatic hydroxyl groups is 1. The van der Waals surface area contributed by atoms with Gasteiger partial charge in [0.15, 0.2) is 0 Å². The Bertz CT molecular complexity index is 1270. The van der Waals surface area contributed by atoms with E-state index in [9.17, 15) is 18.3 Å². The van der Waals surface area contributed by atoms with Gasteiger partial charge in [-0.25, -0.2) is 8.42 Å². The summed E-state index contributed by atoms with van der Waals surface area (Å²) in [5.41, 5.74) is 2.18. The average molecular weight is 490 g/mol. The van der Waals surface area contributed by atoms with Gasteiger partial charge in [-0.05, 0) is 50.6 Å². The molecule has 2 aromatic carbocycles. The number of rotatable bonds is 11. The van der Waals surface area contributed by atoms with Crippen molar-refractivity contribution in [3.05, 3.63) is 59.3 Å². The number of carbonyl (C=O) groups is 1. The van der Waals surface area contributed by atoms with E-state index in [1.807, 2.05) is 25.1 Å². The maximum atomic E-state index is 11.8. The number of esters is 1. The van der Waals surface area contributed by atoms with E-state index in [1.165, 1.54) is 0 Å². The summed E-state index contributed by atoms with van der Waals surface area (Å²) in [6.07, 6.45) is 1.25. The third-order valence-corrected chi connectivity index (χ3v) is 5.93. The van der Waals surface area contributed by atoms with E-state index in [4.69, 9.17) is 9.47 Å². The van der Waals surface area contributed by atoms with E-state index in [0.29, 0.717) is 30.2 Å². The van der Waals surface area contributed by atoms with E-state index in [1.54, 1.807) is 38.1 Å². The SMILES string of the molecule is CCOC(=O)Cc1[nH]c2cc(OCCNC(C)(O)c3cccc(NS(C)(=O)=O)c3)ccc2c1C. The molecular formula is C24H31N3O6S. The van der Waals surface area contributed by atoms with Gasteiger partial charge in [-0.3, -0.25) is 14.8 Å². The quantitative estimate of drug-likeness (QED) is 0.185. The Hall–Kier alpha value is -3.08. The number of benzene rings is 2. The summed E-state index contributed by atoms with van der Waals surface area (Å²) in [6.45, 7) is 6.30. The molecule has 0 spiro atoms. The van der Waals surface area contributed by atoms with E-state index in [-0.39, 0.29) is 19.0 Å². The highest BCUT2D eigenvalue weighted by atomic mass is 32.2. The highest BCUT2D eigenvalue weighted by molar-refractivity contribution is 7.92. The Morgan fingerprint density at radius 1 is 1.21 bits per heavy atom. The number of fused-ring (bicyclic) bond motifs is 1. The van der Waals surface area contributed by atoms with Crippen LogP contribution in [0.15, 0.2) is 42.5 Å². The second kappa shape index (κ2) is 10.5. The minimum absolute atomic E-state index is 0.185. The van der Waals surface area contributed by atoms with Gasteiger partial charge in [-0.15, -0.1) is 0 Å². The predicted octanol–water partition coefficient (Wildman–Crippen LogP) is 2.79. The van der Waals surface area contributed by atoms with Gasteiger partial charge in [-0.2, -0.15) is 0 Å². The zero-order valence-corrected chi connectivity index (χ0v) is 20.6. The number of hydrogen-bond acceptors (Lipinski definition) is 7. The van der Waals surface area contributed by atoms with Gasteiger partial charge in [0, 0.05) is 40.5 Å². The minimum atomic E-state index is -3.41. The number of H-pyrrole nitrogens is 1. The first-order valence-corrected chi connectivity index (χ1v) is 12.8. The van der Waals surface area contributed by atoms with Gasteiger partial charge in [0.2, 0.25) is 10.0 Å². The maximum Gasteiger partial charge on any atom is 0.311 e. The fraction of sp³-hybridized carbons (Fsp3) is 0.375. The Kier molecular flexibility index (Phi) is 7.86. The van der Waals surface area contributed by atoms with Crippen LogP contribution in [0.1, 0.15) is 30.7 Å². The first kappa shape index (κ1) is 25.5. The van der Waals surface area contributed by atoms with E-state index < -0.39 is 15.7 Å². The van der Waals surface area contributed by atoms with Crippen LogP contribution in [0, 0.1) is 6.92 Å². The summed E-state index contributed by atoms with van der Waals surface area (Å²) in [5, 5.41) is 14.8. The summed E-state index contributed by atoms with van der Waals surface area (Å²) < 4.78 is 36.2. The molecule has 0 aliphatic heterocycles. The Morgan fingerprint density at radius 2 is 1.97 bits per heavy atom. The second-order valence-electron chi connectivity index (χ2n) is 8.22. The monoisotopic (exact) mass is 489 g/mol. The van der Waals surface area contributed by atoms with Gasteiger partial charge >= 0.3 is 5.97 Å². The van der Waals surface area contributed by atoms with Crippen LogP contribution in [-0.4, -0.2) is 50.5 Å². The molecule has 1 unspecified atom stereocenters. The molecule has 34 heavy (non-hydrogen) atoms. The first-order valence-electron chi connectivity index (χ1n) is 10.9. The number of carbonyl (C=O) groups excluding carboxylic acids is 1. The van der Waals surface area contributed by atoms with Crippen LogP contribution in [0.4, 0.5) is 5.69 Å². The van der Waals surface area contributed by atoms with Crippen LogP contribution in [0.5, 0.6) is 5.75 Å². The lowest BCUT2D eigenvalue weighted by Gasteiger charge is -2.26. The van der Waals surface area contributed by atoms with Crippen molar-refractivity contribution in [2.45, 2.75) is 32.9 Å². The summed E-state index contributed by atoms with van der Waals surface area (Å²) in [7, 11) is -3.41. The molecule has 0 saturated carbocycles. The normalized spacial score (nSPS) is 13.4. The van der Waals surface area contributed by atoms with E-state index in [2.05, 4.69) is 15.0 Å². The Balaban J connectivity index is 1.59. The average Bonchev–Trinajstić information content (AvgIpc) is 3.05. The van der Waals surface area contributed by atoms with Gasteiger partial charge < -0.3 is 19.6 Å². The summed E-state index contributed by atoms with van der Waals surface area (Å²) in [4.78, 5) is 15.1. The lowest BCUT2D eigenvalue weighted by atomic mass is 10.0. The van der Waals surface area contributed by atoms with Crippen LogP contribution in [0.25, 0.3) is 10.9 Å². The number of sulfonamides is 1. The number of aryl methyl sites for hydroxylation is 1. The van der Waals surface area contributed by atoms with Crippen LogP contribution < -0.4 is 14.8 Å². The number of nitrogens with one attached hydrogen (secondary N) is 3. The second-order valence-corrected chi connectivity index (χ2v) is 9.97. The van der Waals surface area contributed by atoms with E-state index in [0.717, 1.165) is 28.4 Å². The van der Waals surface area contributed by atoms with Crippen molar-refractivity contribution in [2.75, 3.05) is 30.7 Å². The molecule has 184 valence electrons. The molecule has 1 heterocycles. The zero-order chi connectivity index (χ0) is 24.9. The molecule has 0 aliphatic carbocycles. The zero-order valence-electron chi connectivity index (χ0n) is 19.8. The van der Waals surface area contributed by atoms with Crippen molar-refractivity contribution in [3.8, 4) is 5.75 Å². The number of anilines is 1. The predicted molar refractivity (Wildman–Crippen MR) is 131 cm³/mol. The molecule has 3 rings (SSSR count). The molecule has 0 aliphatic rings. The lowest BCUT2D eigenvalue weighted by molar-refractivity contribution is -0.142. The first-order chi connectivity index (χ1) is 16.0. The molecule has 0 radical (unpaired) electrons. The van der Waals surface area contributed by atoms with Crippen LogP contribution >= 0.6 is 0 Å². The van der Waals surface area contributed by atoms with Crippen LogP contribution in [0.2, 0.25) is 0 Å². The molecule has 3 aromatic rings. The van der Waals surface area contributed by atoms with Crippen molar-refractivity contribution in [1.82, 2.24) is 10.3 Å². The van der Waals surface area contributed by atoms with Gasteiger partial charge in [-0.1, -0.05) is 12.1 Å². The van der Waals surface area contributed by atoms with E-state index >= 15 is 0 Å². The molecule has 1 atom stereocenters. The molecule has 0 amide bonds. The standard InChI is InChI=1S/C24H31N3O6S/c1-5-32-23(28)15-21-16(2)20-10-9-19(14-22(20)26-21)33-12-11-25-24(3,29)17-7-6-8-18(13-17)27-34(4,30)31/h6-10,13-14,25-27,29H,5,11-12,15H2,1-4H3. The fourth-order valence-corrected chi connectivity index (χ4v) is 4.22. The van der Waals surface area contributed by atoms with Crippen LogP contribution in [0.3, 0.4) is 0 Å². The van der Waals surface area contributed by atoms with Crippen LogP contribution in [-0.2, 0) is 31.7 Å². The third-order valence-electron chi connectivity index (χ3n) is 5.33. The number of hydrogen-bond donors (Lipinski definition) is 4. The van der Waals surface area contributed by atoms with Crippen molar-refractivity contribution >= 4 is 32.6 Å². The minimum Gasteiger partial charge on any atom is -0.492 e. The molecular weight excluding hydrogens is 458 g/mol. The maximum absolute atomic E-state index is 11.8. The Morgan fingerprint density at radius 3 is 2.68 bits per heavy atom. The topological polar surface area (TPSA) is 130 Å². The smallest absolute Gasteiger partial charge is 0.311 e. The van der Waals surface area contributed by atoms with Crippen molar-refractivity contribution in [3.63, 3.8) is 0 Å². The largest absolute Gasteiger partial charge is 0.492 e. The molecule has 0 bridgehead atoms. The number of aromatic nitrogens is 1. The summed E-state index contributed by atoms with van der Waals surface area (Å²) in [6, 6.07) is 12.2. The fourth-order valence-electron chi connectivity index (χ4n) is 3.66. The molecule has 1 aromatic heterocycles. The van der Waals surface area contributed by atoms with Gasteiger partial charge in [0.1, 0.15) is 18.1 Å². The molecule has 10 heteroatoms. The van der Waals surface area contributed by atoms with Crippen molar-refractivity contribution < 1.29 is 27.8 Å². The molecule has 9 nitrogen and oxygen atoms in total. The number of aromatic amines is 1. The van der Waals surface area contributed by atoms with Gasteiger partial charge in [0.05, 0.1) is 19.3 Å². The third kappa shape index (κ3) is 6.72.